The summed E-state index contributed by atoms with van der Waals surface area (Å²) in [5, 5.41) is 7.63. The Bertz CT molecular complexity index is 1400. The maximum absolute atomic E-state index is 13.6. The second kappa shape index (κ2) is 8.92. The molecule has 1 aliphatic heterocycles. The number of hydrogen-bond donors (Lipinski definition) is 2. The van der Waals surface area contributed by atoms with Gasteiger partial charge in [-0.1, -0.05) is 54.1 Å². The number of Topliss-reactive ketones (excluding diaryl/α,β-unsaturated/α-hetero) is 1. The number of amides is 1. The highest BCUT2D eigenvalue weighted by Gasteiger charge is 2.43. The van der Waals surface area contributed by atoms with Gasteiger partial charge in [0, 0.05) is 22.0 Å². The van der Waals surface area contributed by atoms with E-state index in [4.69, 9.17) is 27.2 Å². The molecule has 0 saturated carbocycles. The Labute approximate surface area is 202 Å². The van der Waals surface area contributed by atoms with E-state index < -0.39 is 18.2 Å². The molecule has 178 valence electrons. The Morgan fingerprint density at radius 2 is 1.69 bits per heavy atom. The van der Waals surface area contributed by atoms with Gasteiger partial charge >= 0.3 is 12.1 Å². The van der Waals surface area contributed by atoms with Gasteiger partial charge in [-0.2, -0.15) is 13.2 Å². The summed E-state index contributed by atoms with van der Waals surface area (Å²) in [6, 6.07) is 17.4. The SMILES string of the molecule is Nc1cccc(-c2ccc3c4c2C(=O)N(c2cccc(Cl)c2)C(C=C3)C4=O)c1.O=C(O)C(F)(F)F. The number of rotatable bonds is 2. The number of carbonyl (C=O) groups is 3. The first-order valence-electron chi connectivity index (χ1n) is 10.1. The van der Waals surface area contributed by atoms with Crippen LogP contribution in [0, 0.1) is 0 Å². The number of nitrogens with two attached hydrogens (primary N) is 1. The molecule has 3 N–H and O–H groups in total. The minimum atomic E-state index is -5.08. The van der Waals surface area contributed by atoms with Crippen molar-refractivity contribution in [3.05, 3.63) is 88.5 Å². The van der Waals surface area contributed by atoms with E-state index in [0.29, 0.717) is 33.1 Å². The smallest absolute Gasteiger partial charge is 0.475 e. The second-order valence-electron chi connectivity index (χ2n) is 7.70. The van der Waals surface area contributed by atoms with Crippen molar-refractivity contribution in [1.82, 2.24) is 0 Å². The van der Waals surface area contributed by atoms with E-state index in [1.165, 1.54) is 4.90 Å². The van der Waals surface area contributed by atoms with Gasteiger partial charge in [0.25, 0.3) is 5.91 Å². The van der Waals surface area contributed by atoms with Crippen LogP contribution in [-0.2, 0) is 4.79 Å². The molecular weight excluding hydrogens is 485 g/mol. The molecule has 35 heavy (non-hydrogen) atoms. The predicted octanol–water partition coefficient (Wildman–Crippen LogP) is 5.46. The van der Waals surface area contributed by atoms with E-state index in [-0.39, 0.29) is 11.7 Å². The van der Waals surface area contributed by atoms with E-state index in [0.717, 1.165) is 11.1 Å². The Kier molecular flexibility index (Phi) is 6.12. The summed E-state index contributed by atoms with van der Waals surface area (Å²) in [6.45, 7) is 0. The fourth-order valence-electron chi connectivity index (χ4n) is 3.98. The topological polar surface area (TPSA) is 101 Å². The van der Waals surface area contributed by atoms with Gasteiger partial charge in [-0.3, -0.25) is 14.5 Å². The van der Waals surface area contributed by atoms with E-state index in [2.05, 4.69) is 0 Å². The van der Waals surface area contributed by atoms with Crippen molar-refractivity contribution in [2.45, 2.75) is 12.2 Å². The number of nitrogens with zero attached hydrogens (tertiary/aromatic N) is 1. The summed E-state index contributed by atoms with van der Waals surface area (Å²) in [6.07, 6.45) is -1.41. The van der Waals surface area contributed by atoms with Crippen molar-refractivity contribution in [2.24, 2.45) is 0 Å². The van der Waals surface area contributed by atoms with E-state index in [1.54, 1.807) is 36.4 Å². The molecule has 0 spiro atoms. The summed E-state index contributed by atoms with van der Waals surface area (Å²) < 4.78 is 31.7. The number of carboxylic acid groups (broad SMARTS) is 1. The van der Waals surface area contributed by atoms with Gasteiger partial charge in [-0.25, -0.2) is 4.79 Å². The molecular formula is C25H16ClF3N2O4. The molecule has 0 saturated heterocycles. The van der Waals surface area contributed by atoms with Crippen molar-refractivity contribution in [2.75, 3.05) is 10.6 Å². The van der Waals surface area contributed by atoms with Crippen molar-refractivity contribution < 1.29 is 32.7 Å². The summed E-state index contributed by atoms with van der Waals surface area (Å²) in [4.78, 5) is 37.3. The number of halogens is 4. The third-order valence-corrected chi connectivity index (χ3v) is 5.68. The Balaban J connectivity index is 0.000000364. The molecule has 10 heteroatoms. The third-order valence-electron chi connectivity index (χ3n) is 5.45. The highest BCUT2D eigenvalue weighted by atomic mass is 35.5. The molecule has 0 fully saturated rings. The lowest BCUT2D eigenvalue weighted by Crippen LogP contribution is -2.50. The molecule has 1 amide bonds. The van der Waals surface area contributed by atoms with Crippen LogP contribution in [0.5, 0.6) is 0 Å². The van der Waals surface area contributed by atoms with Crippen LogP contribution in [0.3, 0.4) is 0 Å². The number of carboxylic acids is 1. The van der Waals surface area contributed by atoms with Crippen LogP contribution < -0.4 is 10.6 Å². The fraction of sp³-hybridized carbons (Fsp3) is 0.0800. The number of benzene rings is 3. The summed E-state index contributed by atoms with van der Waals surface area (Å²) in [5.74, 6) is -3.06. The lowest BCUT2D eigenvalue weighted by molar-refractivity contribution is -0.192. The standard InChI is InChI=1S/C23H15ClN2O2.C2HF3O2/c24-15-4-2-6-17(12-15)26-19-10-8-13-7-9-18(14-3-1-5-16(25)11-14)21(23(26)28)20(13)22(19)27;3-2(4,5)1(6)7/h1-12,19H,25H2;(H,6,7). The van der Waals surface area contributed by atoms with Gasteiger partial charge in [-0.05, 0) is 47.0 Å². The number of hydrogen-bond acceptors (Lipinski definition) is 4. The zero-order valence-electron chi connectivity index (χ0n) is 17.7. The molecule has 0 radical (unpaired) electrons. The largest absolute Gasteiger partial charge is 0.490 e. The first kappa shape index (κ1) is 24.0. The van der Waals surface area contributed by atoms with Crippen LogP contribution in [0.4, 0.5) is 24.5 Å². The molecule has 1 atom stereocenters. The average molecular weight is 501 g/mol. The number of alkyl halides is 3. The maximum Gasteiger partial charge on any atom is 0.490 e. The molecule has 1 unspecified atom stereocenters. The molecule has 2 aliphatic rings. The number of anilines is 2. The fourth-order valence-corrected chi connectivity index (χ4v) is 4.16. The first-order valence-corrected chi connectivity index (χ1v) is 10.5. The van der Waals surface area contributed by atoms with Crippen LogP contribution in [-0.4, -0.2) is 35.0 Å². The summed E-state index contributed by atoms with van der Waals surface area (Å²) >= 11 is 6.14. The molecule has 3 aromatic rings. The van der Waals surface area contributed by atoms with Crippen molar-refractivity contribution in [1.29, 1.82) is 0 Å². The summed E-state index contributed by atoms with van der Waals surface area (Å²) in [7, 11) is 0. The average Bonchev–Trinajstić information content (AvgIpc) is 2.79. The Hall–Kier alpha value is -4.11. The van der Waals surface area contributed by atoms with Crippen molar-refractivity contribution >= 4 is 46.7 Å². The first-order chi connectivity index (χ1) is 16.5. The highest BCUT2D eigenvalue weighted by molar-refractivity contribution is 6.31. The number of nitrogen functional groups attached to an aromatic ring is 1. The minimum Gasteiger partial charge on any atom is -0.475 e. The Morgan fingerprint density at radius 3 is 2.31 bits per heavy atom. The lowest BCUT2D eigenvalue weighted by Gasteiger charge is -2.37. The maximum atomic E-state index is 13.6. The molecule has 5 rings (SSSR count). The van der Waals surface area contributed by atoms with E-state index in [9.17, 15) is 22.8 Å². The van der Waals surface area contributed by atoms with Gasteiger partial charge in [0.2, 0.25) is 0 Å². The molecule has 2 bridgehead atoms. The van der Waals surface area contributed by atoms with Gasteiger partial charge in [0.15, 0.2) is 5.78 Å². The highest BCUT2D eigenvalue weighted by Crippen LogP contribution is 2.40. The minimum absolute atomic E-state index is 0.0853. The number of fused-ring (bicyclic) bond motifs is 1. The number of carbonyl (C=O) groups excluding carboxylic acids is 2. The van der Waals surface area contributed by atoms with Crippen LogP contribution >= 0.6 is 11.6 Å². The van der Waals surface area contributed by atoms with Crippen LogP contribution in [0.2, 0.25) is 5.02 Å². The van der Waals surface area contributed by atoms with Gasteiger partial charge in [0.1, 0.15) is 6.04 Å². The van der Waals surface area contributed by atoms with E-state index in [1.807, 2.05) is 36.4 Å². The van der Waals surface area contributed by atoms with Gasteiger partial charge in [0.05, 0.1) is 5.56 Å². The van der Waals surface area contributed by atoms with Crippen molar-refractivity contribution in [3.63, 3.8) is 0 Å². The van der Waals surface area contributed by atoms with Gasteiger partial charge in [-0.15, -0.1) is 0 Å². The number of aliphatic carboxylic acids is 1. The lowest BCUT2D eigenvalue weighted by atomic mass is 9.80. The second-order valence-corrected chi connectivity index (χ2v) is 8.14. The Morgan fingerprint density at radius 1 is 1.00 bits per heavy atom. The van der Waals surface area contributed by atoms with Crippen LogP contribution in [0.15, 0.2) is 66.7 Å². The molecule has 6 nitrogen and oxygen atoms in total. The zero-order chi connectivity index (χ0) is 25.5. The van der Waals surface area contributed by atoms with Crippen LogP contribution in [0.25, 0.3) is 17.2 Å². The predicted molar refractivity (Wildman–Crippen MR) is 125 cm³/mol. The third kappa shape index (κ3) is 4.50. The van der Waals surface area contributed by atoms with Crippen molar-refractivity contribution in [3.8, 4) is 11.1 Å². The molecule has 1 aliphatic carbocycles. The molecule has 1 heterocycles. The van der Waals surface area contributed by atoms with Gasteiger partial charge < -0.3 is 10.8 Å². The summed E-state index contributed by atoms with van der Waals surface area (Å²) in [5.41, 5.74) is 10.3. The quantitative estimate of drug-likeness (QED) is 0.455. The molecule has 0 aromatic heterocycles. The normalized spacial score (nSPS) is 16.0. The van der Waals surface area contributed by atoms with E-state index >= 15 is 0 Å². The number of ketones is 1. The zero-order valence-corrected chi connectivity index (χ0v) is 18.5. The monoisotopic (exact) mass is 500 g/mol. The van der Waals surface area contributed by atoms with Crippen LogP contribution in [0.1, 0.15) is 26.3 Å². The molecule has 3 aromatic carbocycles.